The summed E-state index contributed by atoms with van der Waals surface area (Å²) in [5.41, 5.74) is 5.74. The lowest BCUT2D eigenvalue weighted by Crippen LogP contribution is -1.95. The molecule has 0 saturated carbocycles. The lowest BCUT2D eigenvalue weighted by atomic mass is 10.1. The zero-order valence-corrected chi connectivity index (χ0v) is 14.6. The molecule has 0 radical (unpaired) electrons. The molecule has 0 fully saturated rings. The quantitative estimate of drug-likeness (QED) is 0.640. The van der Waals surface area contributed by atoms with Crippen molar-refractivity contribution in [3.63, 3.8) is 0 Å². The van der Waals surface area contributed by atoms with Gasteiger partial charge in [0, 0.05) is 35.8 Å². The molecule has 0 amide bonds. The Morgan fingerprint density at radius 2 is 1.96 bits per heavy atom. The van der Waals surface area contributed by atoms with Crippen molar-refractivity contribution in [2.75, 3.05) is 7.11 Å². The molecule has 2 aromatic heterocycles. The van der Waals surface area contributed by atoms with Gasteiger partial charge in [-0.1, -0.05) is 0 Å². The Kier molecular flexibility index (Phi) is 4.56. The highest BCUT2D eigenvalue weighted by molar-refractivity contribution is 5.84. The third kappa shape index (κ3) is 3.81. The fraction of sp³-hybridized carbons (Fsp3) is 0.0952. The van der Waals surface area contributed by atoms with Crippen LogP contribution in [-0.4, -0.2) is 21.6 Å². The van der Waals surface area contributed by atoms with Crippen LogP contribution in [0.1, 0.15) is 17.1 Å². The number of methoxy groups -OCH3 is 1. The standard InChI is InChI=1S/C21H16FN3O2/c1-26-20-9-16(10-23-11-20)15-3-2-4-21-24-18(13-25(21)12-15)14-27-19-7-5-17(22)6-8-19/h3-13H,14H2,1H3. The second-order valence-electron chi connectivity index (χ2n) is 5.89. The maximum Gasteiger partial charge on any atom is 0.144 e. The minimum Gasteiger partial charge on any atom is -0.495 e. The van der Waals surface area contributed by atoms with Crippen molar-refractivity contribution in [2.45, 2.75) is 6.61 Å². The Morgan fingerprint density at radius 1 is 1.11 bits per heavy atom. The Hall–Kier alpha value is -3.63. The highest BCUT2D eigenvalue weighted by atomic mass is 19.1. The molecule has 27 heavy (non-hydrogen) atoms. The first-order valence-electron chi connectivity index (χ1n) is 8.31. The number of fused-ring (bicyclic) bond motifs is 1. The summed E-state index contributed by atoms with van der Waals surface area (Å²) in [6, 6.07) is 7.82. The first-order valence-corrected chi connectivity index (χ1v) is 8.31. The van der Waals surface area contributed by atoms with Gasteiger partial charge in [0.2, 0.25) is 0 Å². The number of pyridine rings is 1. The van der Waals surface area contributed by atoms with Crippen molar-refractivity contribution < 1.29 is 13.9 Å². The number of nitrogens with zero attached hydrogens (tertiary/aromatic N) is 3. The Bertz CT molecular complexity index is 1060. The van der Waals surface area contributed by atoms with Crippen LogP contribution < -0.4 is 9.47 Å². The van der Waals surface area contributed by atoms with Crippen LogP contribution in [0, 0.1) is 5.82 Å². The topological polar surface area (TPSA) is 49.2 Å². The maximum absolute atomic E-state index is 13.0. The molecule has 1 aliphatic rings. The SMILES string of the molecule is COc1cncc(C2=Cn3cc(COc4ccc(F)cc4)nc3C=C=C2)c1. The van der Waals surface area contributed by atoms with E-state index in [4.69, 9.17) is 9.47 Å². The number of imidazole rings is 1. The van der Waals surface area contributed by atoms with E-state index in [1.54, 1.807) is 37.7 Å². The average Bonchev–Trinajstić information content (AvgIpc) is 2.97. The van der Waals surface area contributed by atoms with Crippen LogP contribution in [-0.2, 0) is 6.61 Å². The number of rotatable bonds is 5. The van der Waals surface area contributed by atoms with E-state index in [2.05, 4.69) is 15.7 Å². The van der Waals surface area contributed by atoms with Gasteiger partial charge < -0.3 is 14.0 Å². The van der Waals surface area contributed by atoms with E-state index in [1.807, 2.05) is 29.1 Å². The van der Waals surface area contributed by atoms with Gasteiger partial charge in [-0.2, -0.15) is 0 Å². The summed E-state index contributed by atoms with van der Waals surface area (Å²) in [4.78, 5) is 8.74. The van der Waals surface area contributed by atoms with Gasteiger partial charge in [0.15, 0.2) is 0 Å². The molecule has 6 heteroatoms. The first kappa shape index (κ1) is 16.8. The molecule has 0 aliphatic carbocycles. The smallest absolute Gasteiger partial charge is 0.144 e. The van der Waals surface area contributed by atoms with E-state index in [1.165, 1.54) is 12.1 Å². The van der Waals surface area contributed by atoms with Gasteiger partial charge >= 0.3 is 0 Å². The molecule has 1 aliphatic heterocycles. The van der Waals surface area contributed by atoms with Gasteiger partial charge in [-0.3, -0.25) is 4.98 Å². The van der Waals surface area contributed by atoms with Gasteiger partial charge in [-0.05, 0) is 36.4 Å². The predicted octanol–water partition coefficient (Wildman–Crippen LogP) is 4.18. The molecule has 3 heterocycles. The van der Waals surface area contributed by atoms with Crippen molar-refractivity contribution in [3.05, 3.63) is 83.6 Å². The molecule has 0 N–H and O–H groups in total. The Labute approximate surface area is 155 Å². The number of allylic oxidation sites excluding steroid dienone is 2. The van der Waals surface area contributed by atoms with Gasteiger partial charge in [0.25, 0.3) is 0 Å². The van der Waals surface area contributed by atoms with Gasteiger partial charge in [0.1, 0.15) is 29.7 Å². The molecule has 3 aromatic rings. The molecule has 0 spiro atoms. The number of halogens is 1. The van der Waals surface area contributed by atoms with Crippen LogP contribution in [0.5, 0.6) is 11.5 Å². The monoisotopic (exact) mass is 361 g/mol. The fourth-order valence-corrected chi connectivity index (χ4v) is 2.67. The summed E-state index contributed by atoms with van der Waals surface area (Å²) in [5, 5.41) is 0. The summed E-state index contributed by atoms with van der Waals surface area (Å²) < 4.78 is 25.8. The molecule has 5 nitrogen and oxygen atoms in total. The molecule has 0 atom stereocenters. The van der Waals surface area contributed by atoms with Crippen LogP contribution in [0.25, 0.3) is 17.8 Å². The van der Waals surface area contributed by atoms with Crippen molar-refractivity contribution in [3.8, 4) is 11.5 Å². The first-order chi connectivity index (χ1) is 13.2. The molecule has 0 unspecified atom stereocenters. The van der Waals surface area contributed by atoms with E-state index in [0.717, 1.165) is 22.7 Å². The Morgan fingerprint density at radius 3 is 2.78 bits per heavy atom. The van der Waals surface area contributed by atoms with Crippen LogP contribution in [0.3, 0.4) is 0 Å². The number of aromatic nitrogens is 3. The third-order valence-electron chi connectivity index (χ3n) is 4.02. The fourth-order valence-electron chi connectivity index (χ4n) is 2.67. The Balaban J connectivity index is 1.57. The van der Waals surface area contributed by atoms with Crippen LogP contribution >= 0.6 is 0 Å². The van der Waals surface area contributed by atoms with Crippen molar-refractivity contribution in [1.82, 2.24) is 14.5 Å². The number of benzene rings is 1. The molecule has 1 aromatic carbocycles. The highest BCUT2D eigenvalue weighted by Crippen LogP contribution is 2.23. The minimum atomic E-state index is -0.294. The summed E-state index contributed by atoms with van der Waals surface area (Å²) in [7, 11) is 1.61. The van der Waals surface area contributed by atoms with E-state index in [-0.39, 0.29) is 12.4 Å². The molecule has 134 valence electrons. The highest BCUT2D eigenvalue weighted by Gasteiger charge is 2.09. The molecule has 0 bridgehead atoms. The lowest BCUT2D eigenvalue weighted by Gasteiger charge is -2.05. The molecule has 4 rings (SSSR count). The van der Waals surface area contributed by atoms with Crippen molar-refractivity contribution in [1.29, 1.82) is 0 Å². The third-order valence-corrected chi connectivity index (χ3v) is 4.02. The summed E-state index contributed by atoms with van der Waals surface area (Å²) in [6.45, 7) is 0.285. The predicted molar refractivity (Wildman–Crippen MR) is 100 cm³/mol. The van der Waals surface area contributed by atoms with E-state index < -0.39 is 0 Å². The zero-order valence-electron chi connectivity index (χ0n) is 14.6. The number of hydrogen-bond donors (Lipinski definition) is 0. The van der Waals surface area contributed by atoms with Gasteiger partial charge in [-0.15, -0.1) is 5.73 Å². The van der Waals surface area contributed by atoms with Crippen LogP contribution in [0.4, 0.5) is 4.39 Å². The summed E-state index contributed by atoms with van der Waals surface area (Å²) in [5.74, 6) is 1.73. The molecular weight excluding hydrogens is 345 g/mol. The van der Waals surface area contributed by atoms with E-state index >= 15 is 0 Å². The van der Waals surface area contributed by atoms with Crippen molar-refractivity contribution in [2.24, 2.45) is 0 Å². The normalized spacial score (nSPS) is 12.3. The lowest BCUT2D eigenvalue weighted by molar-refractivity contribution is 0.301. The van der Waals surface area contributed by atoms with Gasteiger partial charge in [-0.25, -0.2) is 9.37 Å². The van der Waals surface area contributed by atoms with Crippen LogP contribution in [0.2, 0.25) is 0 Å². The second kappa shape index (κ2) is 7.32. The number of ether oxygens (including phenoxy) is 2. The minimum absolute atomic E-state index is 0.285. The van der Waals surface area contributed by atoms with Crippen LogP contribution in [0.15, 0.2) is 60.7 Å². The molecular formula is C21H16FN3O2. The maximum atomic E-state index is 13.0. The number of hydrogen-bond acceptors (Lipinski definition) is 4. The summed E-state index contributed by atoms with van der Waals surface area (Å²) >= 11 is 0. The second-order valence-corrected chi connectivity index (χ2v) is 5.89. The van der Waals surface area contributed by atoms with Crippen molar-refractivity contribution >= 4 is 17.8 Å². The zero-order chi connectivity index (χ0) is 18.6. The average molecular weight is 361 g/mol. The molecule has 0 saturated heterocycles. The van der Waals surface area contributed by atoms with E-state index in [9.17, 15) is 4.39 Å². The van der Waals surface area contributed by atoms with E-state index in [0.29, 0.717) is 11.5 Å². The van der Waals surface area contributed by atoms with Gasteiger partial charge in [0.05, 0.1) is 19.0 Å². The largest absolute Gasteiger partial charge is 0.495 e. The summed E-state index contributed by atoms with van der Waals surface area (Å²) in [6.07, 6.45) is 11.0.